The minimum Gasteiger partial charge on any atom is -0.467 e. The van der Waals surface area contributed by atoms with E-state index in [-0.39, 0.29) is 18.0 Å². The zero-order valence-electron chi connectivity index (χ0n) is 19.9. The van der Waals surface area contributed by atoms with E-state index in [0.717, 1.165) is 10.0 Å². The summed E-state index contributed by atoms with van der Waals surface area (Å²) in [6.07, 6.45) is 1.58. The Morgan fingerprint density at radius 2 is 1.72 bits per heavy atom. The molecule has 0 N–H and O–H groups in total. The molecule has 1 unspecified atom stereocenters. The van der Waals surface area contributed by atoms with E-state index in [1.165, 1.54) is 0 Å². The quantitative estimate of drug-likeness (QED) is 0.247. The molecule has 0 fully saturated rings. The van der Waals surface area contributed by atoms with E-state index in [1.54, 1.807) is 40.0 Å². The van der Waals surface area contributed by atoms with E-state index in [0.29, 0.717) is 33.7 Å². The first kappa shape index (κ1) is 23.8. The van der Waals surface area contributed by atoms with Crippen LogP contribution >= 0.6 is 15.9 Å². The first-order chi connectivity index (χ1) is 17.4. The molecule has 1 amide bonds. The smallest absolute Gasteiger partial charge is 0.266 e. The monoisotopic (exact) mass is 541 g/mol. The van der Waals surface area contributed by atoms with E-state index in [1.807, 2.05) is 74.5 Å². The molecular weight excluding hydrogens is 518 g/mol. The maximum atomic E-state index is 13.8. The number of amides is 1. The molecule has 36 heavy (non-hydrogen) atoms. The van der Waals surface area contributed by atoms with E-state index >= 15 is 0 Å². The van der Waals surface area contributed by atoms with Crippen molar-refractivity contribution in [3.63, 3.8) is 0 Å². The van der Waals surface area contributed by atoms with Crippen molar-refractivity contribution in [3.8, 4) is 5.69 Å². The maximum absolute atomic E-state index is 13.8. The summed E-state index contributed by atoms with van der Waals surface area (Å²) < 4.78 is 8.08. The minimum absolute atomic E-state index is 0.180. The van der Waals surface area contributed by atoms with Gasteiger partial charge in [0.1, 0.15) is 11.6 Å². The average Bonchev–Trinajstić information content (AvgIpc) is 3.41. The zero-order valence-corrected chi connectivity index (χ0v) is 21.5. The van der Waals surface area contributed by atoms with Crippen LogP contribution < -0.4 is 5.56 Å². The van der Waals surface area contributed by atoms with Crippen molar-refractivity contribution in [2.75, 3.05) is 0 Å². The van der Waals surface area contributed by atoms with Gasteiger partial charge in [-0.25, -0.2) is 4.98 Å². The van der Waals surface area contributed by atoms with Crippen molar-refractivity contribution in [3.05, 3.63) is 129 Å². The molecule has 0 bridgehead atoms. The molecule has 0 radical (unpaired) electrons. The van der Waals surface area contributed by atoms with Gasteiger partial charge in [-0.2, -0.15) is 0 Å². The number of benzene rings is 3. The molecule has 2 heterocycles. The standard InChI is InChI=1S/C29H24BrN3O3/c1-19-9-15-23(16-10-19)33-27(31-26-8-4-3-7-25(26)29(33)35)20(2)32(18-24-6-5-17-36-24)28(34)21-11-13-22(30)14-12-21/h3-17,20H,18H2,1-2H3. The molecule has 0 saturated heterocycles. The molecule has 0 aliphatic carbocycles. The fraction of sp³-hybridized carbons (Fsp3) is 0.138. The minimum atomic E-state index is -0.551. The summed E-state index contributed by atoms with van der Waals surface area (Å²) in [6, 6.07) is 25.3. The highest BCUT2D eigenvalue weighted by atomic mass is 79.9. The van der Waals surface area contributed by atoms with Crippen LogP contribution in [0, 0.1) is 6.92 Å². The van der Waals surface area contributed by atoms with Gasteiger partial charge in [0.25, 0.3) is 11.5 Å². The number of hydrogen-bond acceptors (Lipinski definition) is 4. The van der Waals surface area contributed by atoms with Gasteiger partial charge < -0.3 is 9.32 Å². The lowest BCUT2D eigenvalue weighted by Gasteiger charge is -2.30. The second kappa shape index (κ2) is 9.95. The molecule has 0 saturated carbocycles. The zero-order chi connectivity index (χ0) is 25.2. The molecule has 0 aliphatic rings. The van der Waals surface area contributed by atoms with Gasteiger partial charge in [0.15, 0.2) is 0 Å². The first-order valence-corrected chi connectivity index (χ1v) is 12.4. The van der Waals surface area contributed by atoms with Crippen molar-refractivity contribution in [2.45, 2.75) is 26.4 Å². The Morgan fingerprint density at radius 1 is 1.00 bits per heavy atom. The Balaban J connectivity index is 1.69. The van der Waals surface area contributed by atoms with Crippen LogP contribution in [0.15, 0.2) is 105 Å². The van der Waals surface area contributed by atoms with Crippen LogP contribution in [0.1, 0.15) is 40.5 Å². The molecule has 5 rings (SSSR count). The fourth-order valence-electron chi connectivity index (χ4n) is 4.23. The largest absolute Gasteiger partial charge is 0.467 e. The number of aryl methyl sites for hydroxylation is 1. The Hall–Kier alpha value is -3.97. The number of carbonyl (C=O) groups excluding carboxylic acids is 1. The highest BCUT2D eigenvalue weighted by Gasteiger charge is 2.28. The van der Waals surface area contributed by atoms with Crippen LogP contribution in [0.25, 0.3) is 16.6 Å². The number of fused-ring (bicyclic) bond motifs is 1. The molecule has 0 aliphatic heterocycles. The molecule has 1 atom stereocenters. The Morgan fingerprint density at radius 3 is 2.42 bits per heavy atom. The van der Waals surface area contributed by atoms with E-state index in [9.17, 15) is 9.59 Å². The highest BCUT2D eigenvalue weighted by Crippen LogP contribution is 2.27. The molecule has 0 spiro atoms. The topological polar surface area (TPSA) is 68.3 Å². The number of carbonyl (C=O) groups is 1. The number of furan rings is 1. The summed E-state index contributed by atoms with van der Waals surface area (Å²) in [4.78, 5) is 34.1. The van der Waals surface area contributed by atoms with Gasteiger partial charge in [0.2, 0.25) is 0 Å². The summed E-state index contributed by atoms with van der Waals surface area (Å²) in [5.41, 5.74) is 2.71. The van der Waals surface area contributed by atoms with Gasteiger partial charge in [0, 0.05) is 10.0 Å². The van der Waals surface area contributed by atoms with Crippen LogP contribution in [0.5, 0.6) is 0 Å². The van der Waals surface area contributed by atoms with Gasteiger partial charge in [-0.15, -0.1) is 0 Å². The molecule has 3 aromatic carbocycles. The van der Waals surface area contributed by atoms with Gasteiger partial charge in [-0.05, 0) is 74.5 Å². The van der Waals surface area contributed by atoms with Crippen molar-refractivity contribution < 1.29 is 9.21 Å². The molecule has 180 valence electrons. The van der Waals surface area contributed by atoms with Crippen molar-refractivity contribution in [1.82, 2.24) is 14.5 Å². The number of hydrogen-bond donors (Lipinski definition) is 0. The van der Waals surface area contributed by atoms with Gasteiger partial charge in [-0.1, -0.05) is 45.8 Å². The second-order valence-corrected chi connectivity index (χ2v) is 9.57. The van der Waals surface area contributed by atoms with Crippen molar-refractivity contribution in [1.29, 1.82) is 0 Å². The normalized spacial score (nSPS) is 12.0. The molecule has 2 aromatic heterocycles. The van der Waals surface area contributed by atoms with Gasteiger partial charge in [0.05, 0.1) is 35.4 Å². The lowest BCUT2D eigenvalue weighted by Crippen LogP contribution is -2.37. The highest BCUT2D eigenvalue weighted by molar-refractivity contribution is 9.10. The summed E-state index contributed by atoms with van der Waals surface area (Å²) in [6.45, 7) is 4.11. The molecule has 5 aromatic rings. The Kier molecular flexibility index (Phi) is 6.57. The van der Waals surface area contributed by atoms with Crippen LogP contribution in [0.2, 0.25) is 0 Å². The lowest BCUT2D eigenvalue weighted by molar-refractivity contribution is 0.0648. The van der Waals surface area contributed by atoms with E-state index < -0.39 is 6.04 Å². The number of nitrogens with zero attached hydrogens (tertiary/aromatic N) is 3. The summed E-state index contributed by atoms with van der Waals surface area (Å²) in [7, 11) is 0. The van der Waals surface area contributed by atoms with Crippen LogP contribution in [-0.4, -0.2) is 20.4 Å². The number of rotatable bonds is 6. The van der Waals surface area contributed by atoms with E-state index in [4.69, 9.17) is 9.40 Å². The number of aromatic nitrogens is 2. The van der Waals surface area contributed by atoms with Crippen molar-refractivity contribution in [2.24, 2.45) is 0 Å². The Bertz CT molecular complexity index is 1570. The van der Waals surface area contributed by atoms with E-state index in [2.05, 4.69) is 15.9 Å². The lowest BCUT2D eigenvalue weighted by atomic mass is 10.1. The first-order valence-electron chi connectivity index (χ1n) is 11.6. The predicted octanol–water partition coefficient (Wildman–Crippen LogP) is 6.45. The second-order valence-electron chi connectivity index (χ2n) is 8.66. The van der Waals surface area contributed by atoms with Crippen LogP contribution in [-0.2, 0) is 6.54 Å². The third kappa shape index (κ3) is 4.62. The summed E-state index contributed by atoms with van der Waals surface area (Å²) in [5, 5.41) is 0.519. The average molecular weight is 542 g/mol. The molecule has 6 nitrogen and oxygen atoms in total. The molecular formula is C29H24BrN3O3. The maximum Gasteiger partial charge on any atom is 0.266 e. The third-order valence-electron chi connectivity index (χ3n) is 6.19. The molecule has 7 heteroatoms. The Labute approximate surface area is 217 Å². The summed E-state index contributed by atoms with van der Waals surface area (Å²) in [5.74, 6) is 0.918. The number of para-hydroxylation sites is 1. The predicted molar refractivity (Wildman–Crippen MR) is 143 cm³/mol. The van der Waals surface area contributed by atoms with Gasteiger partial charge >= 0.3 is 0 Å². The number of halogens is 1. The van der Waals surface area contributed by atoms with Gasteiger partial charge in [-0.3, -0.25) is 14.2 Å². The fourth-order valence-corrected chi connectivity index (χ4v) is 4.49. The summed E-state index contributed by atoms with van der Waals surface area (Å²) >= 11 is 3.43. The third-order valence-corrected chi connectivity index (χ3v) is 6.72. The van der Waals surface area contributed by atoms with Crippen molar-refractivity contribution >= 4 is 32.7 Å². The SMILES string of the molecule is Cc1ccc(-n2c(C(C)N(Cc3ccco3)C(=O)c3ccc(Br)cc3)nc3ccccc3c2=O)cc1. The van der Waals surface area contributed by atoms with Crippen LogP contribution in [0.3, 0.4) is 0 Å². The van der Waals surface area contributed by atoms with Crippen LogP contribution in [0.4, 0.5) is 0 Å².